The van der Waals surface area contributed by atoms with E-state index >= 15 is 4.39 Å². The van der Waals surface area contributed by atoms with Crippen LogP contribution in [0.1, 0.15) is 40.0 Å². The minimum absolute atomic E-state index is 0.0137. The highest BCUT2D eigenvalue weighted by Crippen LogP contribution is 2.38. The van der Waals surface area contributed by atoms with Crippen LogP contribution in [-0.2, 0) is 13.2 Å². The Morgan fingerprint density at radius 2 is 2.14 bits per heavy atom. The molecule has 0 radical (unpaired) electrons. The standard InChI is InChI=1S/C26H22FN5O3/c1-32(13-18-11-29-22(14-33)20-12-30-31-25(18)20)26(34)17-8-21(27)24(23(9-17)35-19-5-6-19)16-4-2-3-15(7-16)10-28/h2-4,7-9,11-12,19,33H,5-6,13-14H2,1H3,(H,30,31). The number of rotatable bonds is 7. The van der Waals surface area contributed by atoms with Gasteiger partial charge in [0.25, 0.3) is 5.91 Å². The Morgan fingerprint density at radius 3 is 2.89 bits per heavy atom. The van der Waals surface area contributed by atoms with Crippen LogP contribution < -0.4 is 4.74 Å². The van der Waals surface area contributed by atoms with E-state index in [0.29, 0.717) is 33.3 Å². The maximum atomic E-state index is 15.4. The van der Waals surface area contributed by atoms with Crippen molar-refractivity contribution in [2.75, 3.05) is 7.05 Å². The van der Waals surface area contributed by atoms with E-state index in [-0.39, 0.29) is 42.0 Å². The fourth-order valence-corrected chi connectivity index (χ4v) is 4.02. The van der Waals surface area contributed by atoms with Gasteiger partial charge in [-0.15, -0.1) is 0 Å². The molecule has 0 bridgehead atoms. The van der Waals surface area contributed by atoms with Gasteiger partial charge in [0.2, 0.25) is 0 Å². The number of halogens is 1. The second kappa shape index (κ2) is 9.16. The highest BCUT2D eigenvalue weighted by Gasteiger charge is 2.27. The number of hydrogen-bond acceptors (Lipinski definition) is 6. The number of carbonyl (C=O) groups is 1. The van der Waals surface area contributed by atoms with E-state index in [2.05, 4.69) is 21.3 Å². The molecule has 1 fully saturated rings. The number of aliphatic hydroxyl groups excluding tert-OH is 1. The number of carbonyl (C=O) groups excluding carboxylic acids is 1. The molecule has 8 nitrogen and oxygen atoms in total. The first-order chi connectivity index (χ1) is 17.0. The fourth-order valence-electron chi connectivity index (χ4n) is 4.02. The molecule has 9 heteroatoms. The lowest BCUT2D eigenvalue weighted by Crippen LogP contribution is -2.26. The summed E-state index contributed by atoms with van der Waals surface area (Å²) in [6.07, 6.45) is 4.89. The molecule has 4 aromatic rings. The van der Waals surface area contributed by atoms with Crippen molar-refractivity contribution in [3.8, 4) is 22.9 Å². The van der Waals surface area contributed by atoms with Crippen LogP contribution >= 0.6 is 0 Å². The van der Waals surface area contributed by atoms with Crippen molar-refractivity contribution in [2.24, 2.45) is 0 Å². The molecule has 5 rings (SSSR count). The maximum Gasteiger partial charge on any atom is 0.254 e. The minimum Gasteiger partial charge on any atom is -0.490 e. The number of nitriles is 1. The minimum atomic E-state index is -0.597. The second-order valence-electron chi connectivity index (χ2n) is 8.55. The molecular formula is C26H22FN5O3. The normalized spacial score (nSPS) is 13.0. The number of ether oxygens (including phenoxy) is 1. The molecule has 1 aliphatic carbocycles. The van der Waals surface area contributed by atoms with Gasteiger partial charge in [0.1, 0.15) is 11.6 Å². The molecule has 2 aromatic carbocycles. The number of H-pyrrole nitrogens is 1. The van der Waals surface area contributed by atoms with Gasteiger partial charge in [0.15, 0.2) is 0 Å². The summed E-state index contributed by atoms with van der Waals surface area (Å²) in [6, 6.07) is 11.5. The van der Waals surface area contributed by atoms with Gasteiger partial charge >= 0.3 is 0 Å². The zero-order chi connectivity index (χ0) is 24.5. The van der Waals surface area contributed by atoms with Gasteiger partial charge in [-0.2, -0.15) is 10.4 Å². The predicted octanol–water partition coefficient (Wildman–Crippen LogP) is 3.94. The lowest BCUT2D eigenvalue weighted by Gasteiger charge is -2.20. The molecule has 35 heavy (non-hydrogen) atoms. The Balaban J connectivity index is 1.47. The molecule has 0 aliphatic heterocycles. The summed E-state index contributed by atoms with van der Waals surface area (Å²) in [5.41, 5.74) is 3.20. The van der Waals surface area contributed by atoms with Crippen LogP contribution in [0.4, 0.5) is 4.39 Å². The van der Waals surface area contributed by atoms with E-state index in [4.69, 9.17) is 4.74 Å². The van der Waals surface area contributed by atoms with Crippen LogP contribution in [0.2, 0.25) is 0 Å². The van der Waals surface area contributed by atoms with E-state index in [0.717, 1.165) is 12.8 Å². The van der Waals surface area contributed by atoms with Crippen molar-refractivity contribution in [3.05, 3.63) is 77.0 Å². The molecular weight excluding hydrogens is 449 g/mol. The van der Waals surface area contributed by atoms with Gasteiger partial charge in [0, 0.05) is 36.3 Å². The van der Waals surface area contributed by atoms with E-state index in [1.54, 1.807) is 49.8 Å². The summed E-state index contributed by atoms with van der Waals surface area (Å²) in [6.45, 7) is -0.0274. The molecule has 0 saturated heterocycles. The molecule has 0 atom stereocenters. The monoisotopic (exact) mass is 471 g/mol. The van der Waals surface area contributed by atoms with Crippen molar-refractivity contribution in [1.29, 1.82) is 5.26 Å². The first-order valence-corrected chi connectivity index (χ1v) is 11.2. The molecule has 0 unspecified atom stereocenters. The summed E-state index contributed by atoms with van der Waals surface area (Å²) >= 11 is 0. The average Bonchev–Trinajstić information content (AvgIpc) is 3.54. The molecule has 1 amide bonds. The molecule has 2 heterocycles. The highest BCUT2D eigenvalue weighted by molar-refractivity contribution is 5.96. The Hall–Kier alpha value is -4.29. The highest BCUT2D eigenvalue weighted by atomic mass is 19.1. The fraction of sp³-hybridized carbons (Fsp3) is 0.231. The third-order valence-electron chi connectivity index (χ3n) is 5.95. The third kappa shape index (κ3) is 4.44. The molecule has 2 N–H and O–H groups in total. The molecule has 2 aromatic heterocycles. The Bertz CT molecular complexity index is 1470. The van der Waals surface area contributed by atoms with Crippen molar-refractivity contribution in [1.82, 2.24) is 20.1 Å². The van der Waals surface area contributed by atoms with Crippen LogP contribution in [0.15, 0.2) is 48.8 Å². The lowest BCUT2D eigenvalue weighted by atomic mass is 9.99. The predicted molar refractivity (Wildman–Crippen MR) is 126 cm³/mol. The van der Waals surface area contributed by atoms with Gasteiger partial charge in [0.05, 0.1) is 47.3 Å². The number of aliphatic hydroxyl groups is 1. The number of pyridine rings is 1. The van der Waals surface area contributed by atoms with Crippen molar-refractivity contribution in [2.45, 2.75) is 32.1 Å². The molecule has 0 spiro atoms. The van der Waals surface area contributed by atoms with E-state index in [1.165, 1.54) is 11.0 Å². The first kappa shape index (κ1) is 22.5. The largest absolute Gasteiger partial charge is 0.490 e. The number of aromatic nitrogens is 3. The van der Waals surface area contributed by atoms with Crippen LogP contribution in [0.5, 0.6) is 5.75 Å². The number of fused-ring (bicyclic) bond motifs is 1. The SMILES string of the molecule is CN(Cc1cnc(CO)c2cn[nH]c12)C(=O)c1cc(F)c(-c2cccc(C#N)c2)c(OC2CC2)c1. The van der Waals surface area contributed by atoms with E-state index in [1.807, 2.05) is 0 Å². The van der Waals surface area contributed by atoms with Crippen LogP contribution in [0.25, 0.3) is 22.0 Å². The Labute approximate surface area is 200 Å². The lowest BCUT2D eigenvalue weighted by molar-refractivity contribution is 0.0784. The number of benzene rings is 2. The summed E-state index contributed by atoms with van der Waals surface area (Å²) in [4.78, 5) is 19.0. The Kier molecular flexibility index (Phi) is 5.89. The number of aromatic amines is 1. The molecule has 176 valence electrons. The van der Waals surface area contributed by atoms with Crippen LogP contribution in [0.3, 0.4) is 0 Å². The van der Waals surface area contributed by atoms with Gasteiger partial charge in [-0.25, -0.2) is 4.39 Å². The topological polar surface area (TPSA) is 115 Å². The third-order valence-corrected chi connectivity index (χ3v) is 5.95. The van der Waals surface area contributed by atoms with Crippen molar-refractivity contribution < 1.29 is 19.0 Å². The summed E-state index contributed by atoms with van der Waals surface area (Å²) in [5.74, 6) is -0.704. The number of hydrogen-bond donors (Lipinski definition) is 2. The maximum absolute atomic E-state index is 15.4. The average molecular weight is 471 g/mol. The van der Waals surface area contributed by atoms with E-state index in [9.17, 15) is 15.2 Å². The van der Waals surface area contributed by atoms with Crippen LogP contribution in [-0.4, -0.2) is 44.2 Å². The van der Waals surface area contributed by atoms with Gasteiger partial charge in [-0.05, 0) is 42.7 Å². The molecule has 1 saturated carbocycles. The van der Waals surface area contributed by atoms with Crippen molar-refractivity contribution in [3.63, 3.8) is 0 Å². The van der Waals surface area contributed by atoms with E-state index < -0.39 is 5.82 Å². The number of nitrogens with one attached hydrogen (secondary N) is 1. The van der Waals surface area contributed by atoms with Gasteiger partial charge < -0.3 is 14.7 Å². The molecule has 1 aliphatic rings. The first-order valence-electron chi connectivity index (χ1n) is 11.2. The zero-order valence-corrected chi connectivity index (χ0v) is 19.0. The van der Waals surface area contributed by atoms with Gasteiger partial charge in [-0.1, -0.05) is 12.1 Å². The Morgan fingerprint density at radius 1 is 1.31 bits per heavy atom. The number of amides is 1. The number of nitrogens with zero attached hydrogens (tertiary/aromatic N) is 4. The second-order valence-corrected chi connectivity index (χ2v) is 8.55. The van der Waals surface area contributed by atoms with Crippen molar-refractivity contribution >= 4 is 16.8 Å². The summed E-state index contributed by atoms with van der Waals surface area (Å²) < 4.78 is 21.4. The quantitative estimate of drug-likeness (QED) is 0.422. The summed E-state index contributed by atoms with van der Waals surface area (Å²) in [7, 11) is 1.62. The smallest absolute Gasteiger partial charge is 0.254 e. The summed E-state index contributed by atoms with van der Waals surface area (Å²) in [5, 5.41) is 26.3. The van der Waals surface area contributed by atoms with Gasteiger partial charge in [-0.3, -0.25) is 14.9 Å². The zero-order valence-electron chi connectivity index (χ0n) is 19.0. The van der Waals surface area contributed by atoms with Crippen LogP contribution in [0, 0.1) is 17.1 Å².